The van der Waals surface area contributed by atoms with Crippen molar-refractivity contribution in [1.82, 2.24) is 9.80 Å². The zero-order chi connectivity index (χ0) is 18.7. The first-order valence-electron chi connectivity index (χ1n) is 8.81. The summed E-state index contributed by atoms with van der Waals surface area (Å²) in [7, 11) is 4.82. The number of nitrogens with zero attached hydrogens (tertiary/aromatic N) is 3. The molecule has 2 atom stereocenters. The summed E-state index contributed by atoms with van der Waals surface area (Å²) in [5.74, 6) is 1.91. The highest BCUT2D eigenvalue weighted by Gasteiger charge is 2.45. The Hall–Kier alpha value is -2.46. The van der Waals surface area contributed by atoms with Crippen molar-refractivity contribution in [1.29, 1.82) is 5.26 Å². The number of carbonyl (C=O) groups is 1. The molecule has 1 heterocycles. The number of methoxy groups -OCH3 is 3. The van der Waals surface area contributed by atoms with Crippen molar-refractivity contribution in [3.8, 4) is 23.3 Å². The third-order valence-corrected chi connectivity index (χ3v) is 5.14. The lowest BCUT2D eigenvalue weighted by atomic mass is 10.1. The maximum absolute atomic E-state index is 12.4. The number of nitriles is 1. The van der Waals surface area contributed by atoms with Gasteiger partial charge in [0, 0.05) is 38.3 Å². The molecular weight excluding hydrogens is 334 g/mol. The summed E-state index contributed by atoms with van der Waals surface area (Å²) in [6.45, 7) is 3.71. The summed E-state index contributed by atoms with van der Waals surface area (Å²) >= 11 is 0. The molecule has 0 bridgehead atoms. The van der Waals surface area contributed by atoms with Crippen molar-refractivity contribution >= 4 is 5.91 Å². The highest BCUT2D eigenvalue weighted by molar-refractivity contribution is 5.82. The van der Waals surface area contributed by atoms with E-state index in [0.717, 1.165) is 31.6 Å². The highest BCUT2D eigenvalue weighted by atomic mass is 16.5. The highest BCUT2D eigenvalue weighted by Crippen LogP contribution is 2.41. The Balaban J connectivity index is 1.61. The molecule has 1 saturated heterocycles. The molecule has 2 unspecified atom stereocenters. The Labute approximate surface area is 154 Å². The monoisotopic (exact) mass is 359 g/mol. The molecule has 2 aliphatic rings. The van der Waals surface area contributed by atoms with Gasteiger partial charge in [-0.15, -0.1) is 0 Å². The zero-order valence-electron chi connectivity index (χ0n) is 15.5. The van der Waals surface area contributed by atoms with E-state index in [1.807, 2.05) is 17.0 Å². The number of amides is 1. The lowest BCUT2D eigenvalue weighted by Crippen LogP contribution is -2.48. The van der Waals surface area contributed by atoms with Gasteiger partial charge in [0.25, 0.3) is 0 Å². The summed E-state index contributed by atoms with van der Waals surface area (Å²) in [5, 5.41) is 8.90. The molecule has 2 fully saturated rings. The lowest BCUT2D eigenvalue weighted by molar-refractivity contribution is -0.134. The van der Waals surface area contributed by atoms with Crippen LogP contribution in [0.15, 0.2) is 12.1 Å². The van der Waals surface area contributed by atoms with Crippen LogP contribution in [0.1, 0.15) is 12.0 Å². The van der Waals surface area contributed by atoms with Gasteiger partial charge >= 0.3 is 0 Å². The van der Waals surface area contributed by atoms with E-state index in [1.165, 1.54) is 0 Å². The maximum atomic E-state index is 12.4. The maximum Gasteiger partial charge on any atom is 0.227 e. The Bertz CT molecular complexity index is 707. The van der Waals surface area contributed by atoms with Crippen LogP contribution in [0.2, 0.25) is 0 Å². The van der Waals surface area contributed by atoms with Crippen molar-refractivity contribution in [2.24, 2.45) is 11.8 Å². The molecule has 0 radical (unpaired) electrons. The van der Waals surface area contributed by atoms with Gasteiger partial charge in [0.1, 0.15) is 0 Å². The van der Waals surface area contributed by atoms with Crippen LogP contribution < -0.4 is 14.2 Å². The number of rotatable bonds is 6. The molecular formula is C19H25N3O4. The largest absolute Gasteiger partial charge is 0.493 e. The van der Waals surface area contributed by atoms with Gasteiger partial charge in [-0.05, 0) is 12.5 Å². The predicted molar refractivity (Wildman–Crippen MR) is 95.2 cm³/mol. The van der Waals surface area contributed by atoms with Crippen molar-refractivity contribution in [3.63, 3.8) is 0 Å². The van der Waals surface area contributed by atoms with E-state index >= 15 is 0 Å². The van der Waals surface area contributed by atoms with E-state index in [0.29, 0.717) is 30.3 Å². The normalized spacial score (nSPS) is 22.5. The molecule has 0 aromatic heterocycles. The Kier molecular flexibility index (Phi) is 5.52. The number of benzene rings is 1. The molecule has 26 heavy (non-hydrogen) atoms. The van der Waals surface area contributed by atoms with Gasteiger partial charge in [-0.25, -0.2) is 0 Å². The first kappa shape index (κ1) is 18.3. The SMILES string of the molecule is COc1ccc(CN2CCN(C(=O)C3CC3C#N)CC2)c(OC)c1OC. The summed E-state index contributed by atoms with van der Waals surface area (Å²) < 4.78 is 16.3. The second-order valence-corrected chi connectivity index (χ2v) is 6.67. The van der Waals surface area contributed by atoms with Crippen LogP contribution in [0.4, 0.5) is 0 Å². The van der Waals surface area contributed by atoms with Gasteiger partial charge in [0.05, 0.1) is 39.2 Å². The molecule has 1 saturated carbocycles. The predicted octanol–water partition coefficient (Wildman–Crippen LogP) is 1.52. The van der Waals surface area contributed by atoms with Gasteiger partial charge in [0.15, 0.2) is 11.5 Å². The number of hydrogen-bond donors (Lipinski definition) is 0. The molecule has 140 valence electrons. The smallest absolute Gasteiger partial charge is 0.227 e. The molecule has 1 aliphatic heterocycles. The van der Waals surface area contributed by atoms with Crippen molar-refractivity contribution in [2.45, 2.75) is 13.0 Å². The minimum atomic E-state index is -0.0726. The van der Waals surface area contributed by atoms with Crippen LogP contribution in [0.5, 0.6) is 17.2 Å². The fraction of sp³-hybridized carbons (Fsp3) is 0.579. The van der Waals surface area contributed by atoms with Crippen molar-refractivity contribution < 1.29 is 19.0 Å². The second-order valence-electron chi connectivity index (χ2n) is 6.67. The number of ether oxygens (including phenoxy) is 3. The van der Waals surface area contributed by atoms with E-state index in [1.54, 1.807) is 21.3 Å². The molecule has 7 nitrogen and oxygen atoms in total. The number of hydrogen-bond acceptors (Lipinski definition) is 6. The Morgan fingerprint density at radius 2 is 1.81 bits per heavy atom. The Morgan fingerprint density at radius 1 is 1.12 bits per heavy atom. The molecule has 0 spiro atoms. The number of piperazine rings is 1. The van der Waals surface area contributed by atoms with Crippen LogP contribution in [0.25, 0.3) is 0 Å². The van der Waals surface area contributed by atoms with Gasteiger partial charge in [-0.2, -0.15) is 5.26 Å². The number of carbonyl (C=O) groups excluding carboxylic acids is 1. The standard InChI is InChI=1S/C19H25N3O4/c1-24-16-5-4-13(17(25-2)18(16)26-3)12-21-6-8-22(9-7-21)19(23)15-10-14(15)11-20/h4-5,14-15H,6-10,12H2,1-3H3. The molecule has 1 aliphatic carbocycles. The van der Waals surface area contributed by atoms with Crippen LogP contribution in [-0.2, 0) is 11.3 Å². The molecule has 1 aromatic rings. The van der Waals surface area contributed by atoms with Crippen molar-refractivity contribution in [3.05, 3.63) is 17.7 Å². The molecule has 7 heteroatoms. The summed E-state index contributed by atoms with van der Waals surface area (Å²) in [6, 6.07) is 6.06. The first-order chi connectivity index (χ1) is 12.6. The van der Waals surface area contributed by atoms with Gasteiger partial charge in [-0.1, -0.05) is 6.07 Å². The lowest BCUT2D eigenvalue weighted by Gasteiger charge is -2.35. The first-order valence-corrected chi connectivity index (χ1v) is 8.81. The fourth-order valence-electron chi connectivity index (χ4n) is 3.50. The van der Waals surface area contributed by atoms with E-state index < -0.39 is 0 Å². The van der Waals surface area contributed by atoms with E-state index in [2.05, 4.69) is 11.0 Å². The fourth-order valence-corrected chi connectivity index (χ4v) is 3.50. The molecule has 0 N–H and O–H groups in total. The molecule has 1 amide bonds. The third-order valence-electron chi connectivity index (χ3n) is 5.14. The van der Waals surface area contributed by atoms with Crippen LogP contribution in [0, 0.1) is 23.2 Å². The molecule has 1 aromatic carbocycles. The topological polar surface area (TPSA) is 75.0 Å². The van der Waals surface area contributed by atoms with E-state index in [4.69, 9.17) is 19.5 Å². The van der Waals surface area contributed by atoms with Gasteiger partial charge in [0.2, 0.25) is 11.7 Å². The summed E-state index contributed by atoms with van der Waals surface area (Å²) in [4.78, 5) is 16.5. The average molecular weight is 359 g/mol. The second kappa shape index (κ2) is 7.83. The third kappa shape index (κ3) is 3.56. The summed E-state index contributed by atoms with van der Waals surface area (Å²) in [6.07, 6.45) is 0.721. The van der Waals surface area contributed by atoms with Crippen molar-refractivity contribution in [2.75, 3.05) is 47.5 Å². The van der Waals surface area contributed by atoms with Crippen LogP contribution in [-0.4, -0.2) is 63.2 Å². The Morgan fingerprint density at radius 3 is 2.35 bits per heavy atom. The minimum absolute atomic E-state index is 0.0718. The summed E-state index contributed by atoms with van der Waals surface area (Å²) in [5.41, 5.74) is 1.02. The molecule has 3 rings (SSSR count). The van der Waals surface area contributed by atoms with E-state index in [9.17, 15) is 4.79 Å². The minimum Gasteiger partial charge on any atom is -0.493 e. The van der Waals surface area contributed by atoms with Gasteiger partial charge in [-0.3, -0.25) is 9.69 Å². The van der Waals surface area contributed by atoms with E-state index in [-0.39, 0.29) is 17.7 Å². The van der Waals surface area contributed by atoms with Gasteiger partial charge < -0.3 is 19.1 Å². The van der Waals surface area contributed by atoms with Crippen LogP contribution in [0.3, 0.4) is 0 Å². The quantitative estimate of drug-likeness (QED) is 0.767. The zero-order valence-corrected chi connectivity index (χ0v) is 15.5. The average Bonchev–Trinajstić information content (AvgIpc) is 3.47. The van der Waals surface area contributed by atoms with Crippen LogP contribution >= 0.6 is 0 Å².